The number of H-pyrrole nitrogens is 1. The van der Waals surface area contributed by atoms with E-state index in [0.717, 1.165) is 16.8 Å². The van der Waals surface area contributed by atoms with Crippen molar-refractivity contribution in [2.75, 3.05) is 0 Å². The van der Waals surface area contributed by atoms with Gasteiger partial charge in [0.05, 0.1) is 11.4 Å². The van der Waals surface area contributed by atoms with E-state index >= 15 is 0 Å². The summed E-state index contributed by atoms with van der Waals surface area (Å²) in [6.07, 6.45) is 3.35. The molecule has 0 radical (unpaired) electrons. The normalized spacial score (nSPS) is 14.3. The summed E-state index contributed by atoms with van der Waals surface area (Å²) >= 11 is 0. The number of fused-ring (bicyclic) bond motifs is 1. The SMILES string of the molecule is O=c1[nH]n(-c2ccccc2)c(O)c1C=C1C=Nc2ccccc21. The predicted molar refractivity (Wildman–Crippen MR) is 90.5 cm³/mol. The second-order valence-electron chi connectivity index (χ2n) is 5.22. The highest BCUT2D eigenvalue weighted by atomic mass is 16.3. The topological polar surface area (TPSA) is 70.4 Å². The fraction of sp³-hybridized carbons (Fsp3) is 0. The van der Waals surface area contributed by atoms with E-state index in [9.17, 15) is 9.90 Å². The Morgan fingerprint density at radius 1 is 1.04 bits per heavy atom. The summed E-state index contributed by atoms with van der Waals surface area (Å²) < 4.78 is 1.37. The van der Waals surface area contributed by atoms with Crippen molar-refractivity contribution in [3.63, 3.8) is 0 Å². The van der Waals surface area contributed by atoms with Gasteiger partial charge in [0.25, 0.3) is 5.56 Å². The molecule has 5 nitrogen and oxygen atoms in total. The van der Waals surface area contributed by atoms with E-state index in [0.29, 0.717) is 5.69 Å². The number of aromatic amines is 1. The zero-order valence-electron chi connectivity index (χ0n) is 12.1. The number of aromatic nitrogens is 2. The molecule has 0 amide bonds. The van der Waals surface area contributed by atoms with Crippen LogP contribution in [0, 0.1) is 0 Å². The first kappa shape index (κ1) is 13.3. The van der Waals surface area contributed by atoms with Gasteiger partial charge in [-0.1, -0.05) is 36.4 Å². The third-order valence-corrected chi connectivity index (χ3v) is 3.78. The van der Waals surface area contributed by atoms with Crippen LogP contribution in [-0.4, -0.2) is 21.1 Å². The molecule has 5 heteroatoms. The van der Waals surface area contributed by atoms with E-state index in [1.54, 1.807) is 24.4 Å². The number of aliphatic imine (C=N–C) groups is 1. The molecule has 23 heavy (non-hydrogen) atoms. The Morgan fingerprint density at radius 2 is 1.78 bits per heavy atom. The molecular weight excluding hydrogens is 290 g/mol. The fourth-order valence-electron chi connectivity index (χ4n) is 2.64. The lowest BCUT2D eigenvalue weighted by molar-refractivity contribution is 0.432. The van der Waals surface area contributed by atoms with Crippen LogP contribution < -0.4 is 5.56 Å². The van der Waals surface area contributed by atoms with Crippen LogP contribution in [0.1, 0.15) is 11.1 Å². The molecule has 0 atom stereocenters. The lowest BCUT2D eigenvalue weighted by Crippen LogP contribution is -2.05. The van der Waals surface area contributed by atoms with Crippen molar-refractivity contribution in [2.45, 2.75) is 0 Å². The molecule has 0 aliphatic carbocycles. The van der Waals surface area contributed by atoms with Gasteiger partial charge < -0.3 is 5.11 Å². The highest BCUT2D eigenvalue weighted by Crippen LogP contribution is 2.33. The van der Waals surface area contributed by atoms with Crippen LogP contribution in [-0.2, 0) is 0 Å². The minimum atomic E-state index is -0.350. The Labute approximate surface area is 131 Å². The van der Waals surface area contributed by atoms with Crippen LogP contribution in [0.15, 0.2) is 64.4 Å². The summed E-state index contributed by atoms with van der Waals surface area (Å²) in [6.45, 7) is 0. The fourth-order valence-corrected chi connectivity index (χ4v) is 2.64. The largest absolute Gasteiger partial charge is 0.493 e. The van der Waals surface area contributed by atoms with Crippen molar-refractivity contribution in [1.29, 1.82) is 0 Å². The number of para-hydroxylation sites is 2. The second kappa shape index (κ2) is 5.14. The van der Waals surface area contributed by atoms with Crippen molar-refractivity contribution >= 4 is 23.6 Å². The number of hydrogen-bond donors (Lipinski definition) is 2. The molecule has 4 rings (SSSR count). The third kappa shape index (κ3) is 2.19. The minimum absolute atomic E-state index is 0.119. The van der Waals surface area contributed by atoms with Gasteiger partial charge in [0.1, 0.15) is 5.56 Å². The zero-order valence-corrected chi connectivity index (χ0v) is 12.1. The second-order valence-corrected chi connectivity index (χ2v) is 5.22. The van der Waals surface area contributed by atoms with Crippen molar-refractivity contribution in [2.24, 2.45) is 4.99 Å². The number of rotatable bonds is 2. The average molecular weight is 303 g/mol. The van der Waals surface area contributed by atoms with Crippen molar-refractivity contribution < 1.29 is 5.11 Å². The first-order valence-electron chi connectivity index (χ1n) is 7.18. The molecule has 0 fully saturated rings. The monoisotopic (exact) mass is 303 g/mol. The molecule has 0 unspecified atom stereocenters. The maximum absolute atomic E-state index is 12.2. The number of benzene rings is 2. The Hall–Kier alpha value is -3.34. The van der Waals surface area contributed by atoms with Gasteiger partial charge in [-0.25, -0.2) is 4.68 Å². The molecule has 3 aromatic rings. The number of aromatic hydroxyl groups is 1. The third-order valence-electron chi connectivity index (χ3n) is 3.78. The predicted octanol–water partition coefficient (Wildman–Crippen LogP) is 3.13. The molecule has 112 valence electrons. The minimum Gasteiger partial charge on any atom is -0.493 e. The van der Waals surface area contributed by atoms with Gasteiger partial charge in [0.2, 0.25) is 5.88 Å². The smallest absolute Gasteiger partial charge is 0.275 e. The first-order valence-corrected chi connectivity index (χ1v) is 7.18. The lowest BCUT2D eigenvalue weighted by atomic mass is 10.1. The molecule has 2 heterocycles. The summed E-state index contributed by atoms with van der Waals surface area (Å²) in [6, 6.07) is 16.8. The van der Waals surface area contributed by atoms with Crippen molar-refractivity contribution in [3.05, 3.63) is 76.1 Å². The van der Waals surface area contributed by atoms with E-state index < -0.39 is 0 Å². The Kier molecular flexibility index (Phi) is 2.98. The van der Waals surface area contributed by atoms with Gasteiger partial charge in [-0.05, 0) is 24.3 Å². The summed E-state index contributed by atoms with van der Waals surface area (Å²) in [5.74, 6) is -0.119. The van der Waals surface area contributed by atoms with Gasteiger partial charge in [0.15, 0.2) is 0 Å². The van der Waals surface area contributed by atoms with E-state index in [1.165, 1.54) is 4.68 Å². The van der Waals surface area contributed by atoms with Crippen LogP contribution in [0.5, 0.6) is 5.88 Å². The van der Waals surface area contributed by atoms with Crippen LogP contribution in [0.3, 0.4) is 0 Å². The standard InChI is InChI=1S/C18H13N3O2/c22-17-15(10-12-11-19-16-9-5-4-8-14(12)16)18(23)21(20-17)13-6-2-1-3-7-13/h1-11,23H,(H,20,22). The maximum Gasteiger partial charge on any atom is 0.275 e. The van der Waals surface area contributed by atoms with Gasteiger partial charge in [-0.3, -0.25) is 14.9 Å². The van der Waals surface area contributed by atoms with Crippen molar-refractivity contribution in [1.82, 2.24) is 9.78 Å². The molecule has 2 aromatic carbocycles. The number of allylic oxidation sites excluding steroid dienone is 1. The molecular formula is C18H13N3O2. The van der Waals surface area contributed by atoms with Crippen LogP contribution in [0.4, 0.5) is 5.69 Å². The number of nitrogens with one attached hydrogen (secondary N) is 1. The molecule has 1 aliphatic rings. The highest BCUT2D eigenvalue weighted by molar-refractivity contribution is 6.21. The number of hydrogen-bond acceptors (Lipinski definition) is 3. The summed E-state index contributed by atoms with van der Waals surface area (Å²) in [7, 11) is 0. The first-order chi connectivity index (χ1) is 11.2. The summed E-state index contributed by atoms with van der Waals surface area (Å²) in [4.78, 5) is 16.5. The van der Waals surface area contributed by atoms with E-state index in [2.05, 4.69) is 10.1 Å². The zero-order chi connectivity index (χ0) is 15.8. The molecule has 1 aliphatic heterocycles. The molecule has 2 N–H and O–H groups in total. The molecule has 1 aromatic heterocycles. The molecule has 0 saturated heterocycles. The average Bonchev–Trinajstić information content (AvgIpc) is 3.12. The molecule has 0 bridgehead atoms. The molecule has 0 spiro atoms. The van der Waals surface area contributed by atoms with Crippen LogP contribution >= 0.6 is 0 Å². The van der Waals surface area contributed by atoms with Crippen LogP contribution in [0.25, 0.3) is 17.3 Å². The van der Waals surface area contributed by atoms with Gasteiger partial charge in [-0.2, -0.15) is 0 Å². The quantitative estimate of drug-likeness (QED) is 0.763. The molecule has 0 saturated carbocycles. The van der Waals surface area contributed by atoms with E-state index in [-0.39, 0.29) is 17.0 Å². The summed E-state index contributed by atoms with van der Waals surface area (Å²) in [5, 5.41) is 13.1. The number of nitrogens with zero attached hydrogens (tertiary/aromatic N) is 2. The maximum atomic E-state index is 12.2. The van der Waals surface area contributed by atoms with Gasteiger partial charge in [-0.15, -0.1) is 0 Å². The van der Waals surface area contributed by atoms with Crippen LogP contribution in [0.2, 0.25) is 0 Å². The summed E-state index contributed by atoms with van der Waals surface area (Å²) in [5.41, 5.74) is 3.15. The van der Waals surface area contributed by atoms with Crippen molar-refractivity contribution in [3.8, 4) is 11.6 Å². The Balaban J connectivity index is 1.83. The van der Waals surface area contributed by atoms with Gasteiger partial charge >= 0.3 is 0 Å². The Morgan fingerprint density at radius 3 is 2.61 bits per heavy atom. The van der Waals surface area contributed by atoms with E-state index in [1.807, 2.05) is 42.5 Å². The lowest BCUT2D eigenvalue weighted by Gasteiger charge is -2.03. The Bertz CT molecular complexity index is 995. The van der Waals surface area contributed by atoms with Gasteiger partial charge in [0, 0.05) is 17.4 Å². The highest BCUT2D eigenvalue weighted by Gasteiger charge is 2.17. The van der Waals surface area contributed by atoms with E-state index in [4.69, 9.17) is 0 Å².